The van der Waals surface area contributed by atoms with Gasteiger partial charge < -0.3 is 9.64 Å². The van der Waals surface area contributed by atoms with E-state index in [2.05, 4.69) is 20.8 Å². The van der Waals surface area contributed by atoms with Crippen molar-refractivity contribution in [3.63, 3.8) is 0 Å². The number of amides is 1. The van der Waals surface area contributed by atoms with Crippen molar-refractivity contribution in [2.24, 2.45) is 5.92 Å². The molecule has 0 saturated heterocycles. The average Bonchev–Trinajstić information content (AvgIpc) is 3.23. The summed E-state index contributed by atoms with van der Waals surface area (Å²) in [5, 5.41) is 0. The number of carbonyl (C=O) groups is 1. The van der Waals surface area contributed by atoms with Gasteiger partial charge in [-0.1, -0.05) is 19.9 Å². The summed E-state index contributed by atoms with van der Waals surface area (Å²) in [7, 11) is 0. The quantitative estimate of drug-likeness (QED) is 0.801. The molecule has 2 atom stereocenters. The van der Waals surface area contributed by atoms with Crippen LogP contribution in [0.3, 0.4) is 0 Å². The number of hydrogen-bond donors (Lipinski definition) is 0. The van der Waals surface area contributed by atoms with Crippen molar-refractivity contribution in [1.29, 1.82) is 0 Å². The molecule has 0 radical (unpaired) electrons. The molecule has 1 amide bonds. The van der Waals surface area contributed by atoms with Crippen molar-refractivity contribution in [2.75, 3.05) is 0 Å². The summed E-state index contributed by atoms with van der Waals surface area (Å²) in [6.45, 7) is 8.04. The molecular formula is C17H24FNO2. The van der Waals surface area contributed by atoms with Gasteiger partial charge in [0.1, 0.15) is 11.6 Å². The maximum Gasteiger partial charge on any atom is 0.263 e. The largest absolute Gasteiger partial charge is 0.481 e. The van der Waals surface area contributed by atoms with E-state index in [-0.39, 0.29) is 17.8 Å². The Labute approximate surface area is 126 Å². The Bertz CT molecular complexity index is 499. The van der Waals surface area contributed by atoms with E-state index < -0.39 is 6.10 Å². The van der Waals surface area contributed by atoms with Gasteiger partial charge in [0.2, 0.25) is 0 Å². The molecule has 0 aromatic heterocycles. The summed E-state index contributed by atoms with van der Waals surface area (Å²) in [6.07, 6.45) is 1.53. The lowest BCUT2D eigenvalue weighted by atomic mass is 10.0. The molecule has 21 heavy (non-hydrogen) atoms. The minimum Gasteiger partial charge on any atom is -0.481 e. The summed E-state index contributed by atoms with van der Waals surface area (Å²) in [5.74, 6) is 0.421. The molecule has 1 fully saturated rings. The average molecular weight is 293 g/mol. The zero-order valence-corrected chi connectivity index (χ0v) is 13.2. The first-order chi connectivity index (χ1) is 9.90. The van der Waals surface area contributed by atoms with Gasteiger partial charge in [-0.05, 0) is 44.7 Å². The smallest absolute Gasteiger partial charge is 0.263 e. The van der Waals surface area contributed by atoms with Crippen molar-refractivity contribution in [2.45, 2.75) is 58.7 Å². The number of nitrogens with zero attached hydrogens (tertiary/aromatic N) is 1. The number of rotatable bonds is 6. The van der Waals surface area contributed by atoms with Gasteiger partial charge in [-0.2, -0.15) is 0 Å². The molecule has 1 aromatic carbocycles. The zero-order valence-electron chi connectivity index (χ0n) is 13.2. The number of benzene rings is 1. The molecule has 1 aliphatic rings. The molecular weight excluding hydrogens is 269 g/mol. The zero-order chi connectivity index (χ0) is 15.6. The third kappa shape index (κ3) is 3.96. The molecule has 3 nitrogen and oxygen atoms in total. The molecule has 1 aliphatic carbocycles. The highest BCUT2D eigenvalue weighted by Gasteiger charge is 2.38. The van der Waals surface area contributed by atoms with Crippen LogP contribution in [0.5, 0.6) is 5.75 Å². The molecule has 4 heteroatoms. The Kier molecular flexibility index (Phi) is 4.86. The summed E-state index contributed by atoms with van der Waals surface area (Å²) in [6, 6.07) is 6.43. The van der Waals surface area contributed by atoms with E-state index in [0.717, 1.165) is 12.8 Å². The summed E-state index contributed by atoms with van der Waals surface area (Å²) in [5.41, 5.74) is 0. The lowest BCUT2D eigenvalue weighted by molar-refractivity contribution is -0.141. The van der Waals surface area contributed by atoms with E-state index in [9.17, 15) is 9.18 Å². The minimum atomic E-state index is -0.603. The SMILES string of the molecule is CC(Oc1cccc(F)c1)C(=O)N(C1CC1)C(C)C(C)C. The summed E-state index contributed by atoms with van der Waals surface area (Å²) < 4.78 is 18.8. The van der Waals surface area contributed by atoms with E-state index in [1.807, 2.05) is 4.90 Å². The Morgan fingerprint density at radius 3 is 2.48 bits per heavy atom. The van der Waals surface area contributed by atoms with Crippen molar-refractivity contribution in [3.8, 4) is 5.75 Å². The first kappa shape index (κ1) is 15.8. The van der Waals surface area contributed by atoms with Crippen molar-refractivity contribution < 1.29 is 13.9 Å². The van der Waals surface area contributed by atoms with Gasteiger partial charge in [-0.25, -0.2) is 4.39 Å². The van der Waals surface area contributed by atoms with E-state index >= 15 is 0 Å². The summed E-state index contributed by atoms with van der Waals surface area (Å²) >= 11 is 0. The van der Waals surface area contributed by atoms with Crippen LogP contribution in [0.25, 0.3) is 0 Å². The Hall–Kier alpha value is -1.58. The highest BCUT2D eigenvalue weighted by Crippen LogP contribution is 2.31. The normalized spacial score (nSPS) is 17.4. The Morgan fingerprint density at radius 2 is 1.95 bits per heavy atom. The number of hydrogen-bond acceptors (Lipinski definition) is 2. The van der Waals surface area contributed by atoms with Crippen molar-refractivity contribution in [1.82, 2.24) is 4.90 Å². The molecule has 0 bridgehead atoms. The first-order valence-electron chi connectivity index (χ1n) is 7.64. The molecule has 2 rings (SSSR count). The Balaban J connectivity index is 2.06. The third-order valence-electron chi connectivity index (χ3n) is 4.06. The van der Waals surface area contributed by atoms with E-state index in [4.69, 9.17) is 4.74 Å². The predicted molar refractivity (Wildman–Crippen MR) is 80.7 cm³/mol. The van der Waals surface area contributed by atoms with Crippen LogP contribution in [0.2, 0.25) is 0 Å². The molecule has 0 heterocycles. The fourth-order valence-electron chi connectivity index (χ4n) is 2.39. The van der Waals surface area contributed by atoms with E-state index in [0.29, 0.717) is 17.7 Å². The standard InChI is InChI=1S/C17H24FNO2/c1-11(2)12(3)19(15-8-9-15)17(20)13(4)21-16-7-5-6-14(18)10-16/h5-7,10-13,15H,8-9H2,1-4H3. The second kappa shape index (κ2) is 6.46. The molecule has 1 aromatic rings. The fraction of sp³-hybridized carbons (Fsp3) is 0.588. The minimum absolute atomic E-state index is 0.0111. The lowest BCUT2D eigenvalue weighted by Gasteiger charge is -2.34. The Morgan fingerprint density at radius 1 is 1.29 bits per heavy atom. The van der Waals surface area contributed by atoms with Crippen LogP contribution in [-0.2, 0) is 4.79 Å². The maximum atomic E-state index is 13.2. The van der Waals surface area contributed by atoms with Crippen LogP contribution < -0.4 is 4.74 Å². The molecule has 0 aliphatic heterocycles. The van der Waals surface area contributed by atoms with Gasteiger partial charge in [0.05, 0.1) is 0 Å². The second-order valence-electron chi connectivity index (χ2n) is 6.18. The van der Waals surface area contributed by atoms with Crippen molar-refractivity contribution >= 4 is 5.91 Å². The molecule has 1 saturated carbocycles. The molecule has 0 spiro atoms. The van der Waals surface area contributed by atoms with Gasteiger partial charge in [0.15, 0.2) is 6.10 Å². The van der Waals surface area contributed by atoms with Crippen LogP contribution in [-0.4, -0.2) is 29.0 Å². The van der Waals surface area contributed by atoms with Gasteiger partial charge in [0, 0.05) is 18.2 Å². The molecule has 0 N–H and O–H groups in total. The van der Waals surface area contributed by atoms with Gasteiger partial charge in [-0.3, -0.25) is 4.79 Å². The molecule has 116 valence electrons. The monoisotopic (exact) mass is 293 g/mol. The number of halogens is 1. The van der Waals surface area contributed by atoms with E-state index in [1.165, 1.54) is 12.1 Å². The fourth-order valence-corrected chi connectivity index (χ4v) is 2.39. The van der Waals surface area contributed by atoms with E-state index in [1.54, 1.807) is 19.1 Å². The van der Waals surface area contributed by atoms with Crippen LogP contribution in [0.1, 0.15) is 40.5 Å². The second-order valence-corrected chi connectivity index (χ2v) is 6.18. The van der Waals surface area contributed by atoms with Crippen molar-refractivity contribution in [3.05, 3.63) is 30.1 Å². The van der Waals surface area contributed by atoms with Crippen LogP contribution in [0.15, 0.2) is 24.3 Å². The molecule has 2 unspecified atom stereocenters. The van der Waals surface area contributed by atoms with Crippen LogP contribution in [0.4, 0.5) is 4.39 Å². The van der Waals surface area contributed by atoms with Gasteiger partial charge >= 0.3 is 0 Å². The van der Waals surface area contributed by atoms with Gasteiger partial charge in [0.25, 0.3) is 5.91 Å². The van der Waals surface area contributed by atoms with Gasteiger partial charge in [-0.15, -0.1) is 0 Å². The topological polar surface area (TPSA) is 29.5 Å². The highest BCUT2D eigenvalue weighted by atomic mass is 19.1. The number of ether oxygens (including phenoxy) is 1. The predicted octanol–water partition coefficient (Wildman–Crippen LogP) is 3.63. The lowest BCUT2D eigenvalue weighted by Crippen LogP contribution is -2.48. The number of carbonyl (C=O) groups excluding carboxylic acids is 1. The first-order valence-corrected chi connectivity index (χ1v) is 7.64. The highest BCUT2D eigenvalue weighted by molar-refractivity contribution is 5.81. The third-order valence-corrected chi connectivity index (χ3v) is 4.06. The maximum absolute atomic E-state index is 13.2. The summed E-state index contributed by atoms with van der Waals surface area (Å²) in [4.78, 5) is 14.6. The van der Waals surface area contributed by atoms with Crippen LogP contribution >= 0.6 is 0 Å². The van der Waals surface area contributed by atoms with Crippen LogP contribution in [0, 0.1) is 11.7 Å².